The molecule has 0 saturated carbocycles. The lowest BCUT2D eigenvalue weighted by molar-refractivity contribution is -0.137. The van der Waals surface area contributed by atoms with Crippen LogP contribution in [0, 0.1) is 0 Å². The summed E-state index contributed by atoms with van der Waals surface area (Å²) in [6, 6.07) is 5.01. The SMILES string of the molecule is O=C(NCC1CCCO1)c1cncc(Nc2ccc(Cl)c(C(F)(F)F)c2)c1. The van der Waals surface area contributed by atoms with Crippen molar-refractivity contribution in [2.75, 3.05) is 18.5 Å². The highest BCUT2D eigenvalue weighted by Crippen LogP contribution is 2.36. The Morgan fingerprint density at radius 2 is 2.07 bits per heavy atom. The van der Waals surface area contributed by atoms with Crippen molar-refractivity contribution < 1.29 is 22.7 Å². The fourth-order valence-corrected chi connectivity index (χ4v) is 2.96. The molecule has 5 nitrogen and oxygen atoms in total. The topological polar surface area (TPSA) is 63.2 Å². The van der Waals surface area contributed by atoms with Gasteiger partial charge in [0, 0.05) is 25.0 Å². The Hall–Kier alpha value is -2.32. The maximum atomic E-state index is 13.0. The van der Waals surface area contributed by atoms with Crippen LogP contribution in [-0.4, -0.2) is 30.1 Å². The molecule has 1 unspecified atom stereocenters. The normalized spacial score (nSPS) is 17.0. The third-order valence-corrected chi connectivity index (χ3v) is 4.40. The molecule has 1 fully saturated rings. The summed E-state index contributed by atoms with van der Waals surface area (Å²) in [5.41, 5.74) is -0.0729. The Morgan fingerprint density at radius 3 is 2.78 bits per heavy atom. The maximum absolute atomic E-state index is 13.0. The Bertz CT molecular complexity index is 824. The van der Waals surface area contributed by atoms with Gasteiger partial charge in [0.15, 0.2) is 0 Å². The molecule has 1 amide bonds. The number of anilines is 2. The number of amides is 1. The molecule has 1 aliphatic heterocycles. The highest BCUT2D eigenvalue weighted by atomic mass is 35.5. The van der Waals surface area contributed by atoms with Gasteiger partial charge in [-0.25, -0.2) is 0 Å². The number of halogens is 4. The average molecular weight is 400 g/mol. The van der Waals surface area contributed by atoms with E-state index in [9.17, 15) is 18.0 Å². The summed E-state index contributed by atoms with van der Waals surface area (Å²) in [4.78, 5) is 16.2. The van der Waals surface area contributed by atoms with Gasteiger partial charge in [0.25, 0.3) is 5.91 Å². The number of rotatable bonds is 5. The summed E-state index contributed by atoms with van der Waals surface area (Å²) in [7, 11) is 0. The van der Waals surface area contributed by atoms with Crippen molar-refractivity contribution in [2.45, 2.75) is 25.1 Å². The van der Waals surface area contributed by atoms with Crippen molar-refractivity contribution in [3.63, 3.8) is 0 Å². The van der Waals surface area contributed by atoms with E-state index in [0.29, 0.717) is 24.4 Å². The molecule has 0 aliphatic carbocycles. The van der Waals surface area contributed by atoms with E-state index in [-0.39, 0.29) is 22.7 Å². The lowest BCUT2D eigenvalue weighted by atomic mass is 10.2. The van der Waals surface area contributed by atoms with Crippen LogP contribution in [0.1, 0.15) is 28.8 Å². The lowest BCUT2D eigenvalue weighted by Gasteiger charge is -2.13. The predicted molar refractivity (Wildman–Crippen MR) is 95.3 cm³/mol. The minimum atomic E-state index is -4.56. The number of nitrogens with zero attached hydrogens (tertiary/aromatic N) is 1. The molecule has 0 radical (unpaired) electrons. The second-order valence-corrected chi connectivity index (χ2v) is 6.53. The van der Waals surface area contributed by atoms with E-state index >= 15 is 0 Å². The Labute approximate surface area is 158 Å². The molecule has 144 valence electrons. The summed E-state index contributed by atoms with van der Waals surface area (Å²) >= 11 is 5.62. The molecule has 3 rings (SSSR count). The number of pyridine rings is 1. The zero-order valence-corrected chi connectivity index (χ0v) is 14.9. The van der Waals surface area contributed by atoms with Crippen LogP contribution < -0.4 is 10.6 Å². The molecular weight excluding hydrogens is 383 g/mol. The van der Waals surface area contributed by atoms with Gasteiger partial charge in [-0.2, -0.15) is 13.2 Å². The molecule has 1 aromatic carbocycles. The van der Waals surface area contributed by atoms with Gasteiger partial charge in [0.05, 0.1) is 34.1 Å². The van der Waals surface area contributed by atoms with Gasteiger partial charge in [0.2, 0.25) is 0 Å². The Kier molecular flexibility index (Phi) is 5.86. The number of carbonyl (C=O) groups excluding carboxylic acids is 1. The van der Waals surface area contributed by atoms with Gasteiger partial charge >= 0.3 is 6.18 Å². The van der Waals surface area contributed by atoms with Gasteiger partial charge in [-0.3, -0.25) is 9.78 Å². The van der Waals surface area contributed by atoms with Crippen molar-refractivity contribution in [1.29, 1.82) is 0 Å². The van der Waals surface area contributed by atoms with Crippen LogP contribution in [0.3, 0.4) is 0 Å². The van der Waals surface area contributed by atoms with Gasteiger partial charge in [-0.1, -0.05) is 11.6 Å². The number of nitrogens with one attached hydrogen (secondary N) is 2. The molecule has 0 bridgehead atoms. The van der Waals surface area contributed by atoms with E-state index in [1.54, 1.807) is 0 Å². The third-order valence-electron chi connectivity index (χ3n) is 4.08. The number of benzene rings is 1. The highest BCUT2D eigenvalue weighted by molar-refractivity contribution is 6.31. The average Bonchev–Trinajstić information content (AvgIpc) is 3.14. The number of carbonyl (C=O) groups is 1. The van der Waals surface area contributed by atoms with Crippen molar-refractivity contribution in [1.82, 2.24) is 10.3 Å². The van der Waals surface area contributed by atoms with Crippen LogP contribution in [0.2, 0.25) is 5.02 Å². The summed E-state index contributed by atoms with van der Waals surface area (Å²) in [5.74, 6) is -0.325. The minimum Gasteiger partial charge on any atom is -0.376 e. The first-order valence-corrected chi connectivity index (χ1v) is 8.69. The number of alkyl halides is 3. The molecular formula is C18H17ClF3N3O2. The number of hydrogen-bond acceptors (Lipinski definition) is 4. The number of ether oxygens (including phenoxy) is 1. The first-order valence-electron chi connectivity index (χ1n) is 8.31. The van der Waals surface area contributed by atoms with Crippen LogP contribution in [0.4, 0.5) is 24.5 Å². The van der Waals surface area contributed by atoms with Crippen LogP contribution in [-0.2, 0) is 10.9 Å². The minimum absolute atomic E-state index is 0.0121. The quantitative estimate of drug-likeness (QED) is 0.782. The van der Waals surface area contributed by atoms with Crippen LogP contribution in [0.15, 0.2) is 36.7 Å². The monoisotopic (exact) mass is 399 g/mol. The molecule has 9 heteroatoms. The van der Waals surface area contributed by atoms with E-state index in [1.807, 2.05) is 0 Å². The van der Waals surface area contributed by atoms with Gasteiger partial charge in [0.1, 0.15) is 0 Å². The summed E-state index contributed by atoms with van der Waals surface area (Å²) in [5, 5.41) is 5.20. The van der Waals surface area contributed by atoms with E-state index in [4.69, 9.17) is 16.3 Å². The van der Waals surface area contributed by atoms with E-state index in [1.165, 1.54) is 24.5 Å². The summed E-state index contributed by atoms with van der Waals surface area (Å²) < 4.78 is 44.3. The molecule has 2 aromatic rings. The first-order chi connectivity index (χ1) is 12.8. The van der Waals surface area contributed by atoms with Gasteiger partial charge in [-0.05, 0) is 37.1 Å². The second kappa shape index (κ2) is 8.14. The largest absolute Gasteiger partial charge is 0.417 e. The van der Waals surface area contributed by atoms with Crippen LogP contribution in [0.5, 0.6) is 0 Å². The fraction of sp³-hybridized carbons (Fsp3) is 0.333. The van der Waals surface area contributed by atoms with Gasteiger partial charge < -0.3 is 15.4 Å². The lowest BCUT2D eigenvalue weighted by Crippen LogP contribution is -2.31. The van der Waals surface area contributed by atoms with Crippen molar-refractivity contribution >= 4 is 28.9 Å². The first kappa shape index (κ1) is 19.4. The Morgan fingerprint density at radius 1 is 1.26 bits per heavy atom. The summed E-state index contributed by atoms with van der Waals surface area (Å²) in [6.07, 6.45) is 0.133. The molecule has 1 aromatic heterocycles. The third kappa shape index (κ3) is 5.11. The maximum Gasteiger partial charge on any atom is 0.417 e. The zero-order valence-electron chi connectivity index (χ0n) is 14.1. The van der Waals surface area contributed by atoms with Crippen molar-refractivity contribution in [3.8, 4) is 0 Å². The van der Waals surface area contributed by atoms with Crippen LogP contribution >= 0.6 is 11.6 Å². The van der Waals surface area contributed by atoms with E-state index in [0.717, 1.165) is 25.0 Å². The molecule has 1 saturated heterocycles. The smallest absolute Gasteiger partial charge is 0.376 e. The standard InChI is InChI=1S/C18H17ClF3N3O2/c19-16-4-3-12(7-15(16)18(20,21)22)25-13-6-11(8-23-9-13)17(26)24-10-14-2-1-5-27-14/h3-4,6-9,14,25H,1-2,5,10H2,(H,24,26). The summed E-state index contributed by atoms with van der Waals surface area (Å²) in [6.45, 7) is 1.10. The highest BCUT2D eigenvalue weighted by Gasteiger charge is 2.33. The number of aromatic nitrogens is 1. The van der Waals surface area contributed by atoms with Crippen molar-refractivity contribution in [3.05, 3.63) is 52.8 Å². The fourth-order valence-electron chi connectivity index (χ4n) is 2.73. The van der Waals surface area contributed by atoms with E-state index < -0.39 is 11.7 Å². The molecule has 1 atom stereocenters. The second-order valence-electron chi connectivity index (χ2n) is 6.12. The number of hydrogen-bond donors (Lipinski definition) is 2. The zero-order chi connectivity index (χ0) is 19.4. The molecule has 1 aliphatic rings. The molecule has 2 heterocycles. The van der Waals surface area contributed by atoms with Crippen molar-refractivity contribution in [2.24, 2.45) is 0 Å². The van der Waals surface area contributed by atoms with Crippen LogP contribution in [0.25, 0.3) is 0 Å². The Balaban J connectivity index is 1.69. The molecule has 0 spiro atoms. The van der Waals surface area contributed by atoms with E-state index in [2.05, 4.69) is 15.6 Å². The predicted octanol–water partition coefficient (Wildman–Crippen LogP) is 4.41. The van der Waals surface area contributed by atoms with Gasteiger partial charge in [-0.15, -0.1) is 0 Å². The molecule has 2 N–H and O–H groups in total. The molecule has 27 heavy (non-hydrogen) atoms.